The molecule has 1 aliphatic rings. The van der Waals surface area contributed by atoms with Gasteiger partial charge in [0, 0.05) is 38.4 Å². The van der Waals surface area contributed by atoms with Gasteiger partial charge in [0.05, 0.1) is 0 Å². The number of aromatic nitrogens is 1. The van der Waals surface area contributed by atoms with Crippen LogP contribution in [0.3, 0.4) is 0 Å². The molecule has 0 radical (unpaired) electrons. The van der Waals surface area contributed by atoms with Gasteiger partial charge < -0.3 is 15.1 Å². The molecule has 6 nitrogen and oxygen atoms in total. The molecule has 0 atom stereocenters. The summed E-state index contributed by atoms with van der Waals surface area (Å²) in [6.07, 6.45) is 0. The number of rotatable bonds is 5. The van der Waals surface area contributed by atoms with E-state index < -0.39 is 0 Å². The summed E-state index contributed by atoms with van der Waals surface area (Å²) in [4.78, 5) is 33.5. The minimum absolute atomic E-state index is 0.123. The van der Waals surface area contributed by atoms with E-state index in [-0.39, 0.29) is 17.5 Å². The molecule has 1 N–H and O–H groups in total. The van der Waals surface area contributed by atoms with Crippen LogP contribution in [0.2, 0.25) is 0 Å². The highest BCUT2D eigenvalue weighted by Crippen LogP contribution is 2.18. The van der Waals surface area contributed by atoms with E-state index >= 15 is 0 Å². The Hall–Kier alpha value is -2.89. The van der Waals surface area contributed by atoms with Gasteiger partial charge in [0.25, 0.3) is 11.8 Å². The van der Waals surface area contributed by atoms with Crippen molar-refractivity contribution < 1.29 is 9.59 Å². The Kier molecular flexibility index (Phi) is 6.29. The van der Waals surface area contributed by atoms with Crippen molar-refractivity contribution in [1.82, 2.24) is 15.2 Å². The molecule has 0 unspecified atom stereocenters. The van der Waals surface area contributed by atoms with Crippen molar-refractivity contribution in [2.45, 2.75) is 20.8 Å². The fourth-order valence-corrected chi connectivity index (χ4v) is 3.22. The van der Waals surface area contributed by atoms with Crippen LogP contribution < -0.4 is 10.2 Å². The van der Waals surface area contributed by atoms with E-state index in [1.54, 1.807) is 18.2 Å². The van der Waals surface area contributed by atoms with Gasteiger partial charge >= 0.3 is 0 Å². The fourth-order valence-electron chi connectivity index (χ4n) is 3.22. The summed E-state index contributed by atoms with van der Waals surface area (Å²) in [5, 5.41) is 2.84. The first-order valence-electron chi connectivity index (χ1n) is 9.80. The maximum Gasteiger partial charge on any atom is 0.272 e. The molecule has 0 bridgehead atoms. The normalized spacial score (nSPS) is 14.3. The van der Waals surface area contributed by atoms with Crippen molar-refractivity contribution in [1.29, 1.82) is 0 Å². The first-order chi connectivity index (χ1) is 13.4. The van der Waals surface area contributed by atoms with Gasteiger partial charge in [0.2, 0.25) is 0 Å². The number of amides is 2. The van der Waals surface area contributed by atoms with E-state index in [9.17, 15) is 9.59 Å². The second-order valence-electron chi connectivity index (χ2n) is 7.63. The Labute approximate surface area is 166 Å². The van der Waals surface area contributed by atoms with E-state index in [1.165, 1.54) is 11.3 Å². The standard InChI is InChI=1S/C22H28N4O2/c1-16(2)15-23-21(27)19-8-5-9-20(24-19)22(28)26-12-10-25(11-13-26)18-7-4-6-17(3)14-18/h4-9,14,16H,10-13,15H2,1-3H3,(H,23,27). The van der Waals surface area contributed by atoms with Crippen LogP contribution in [-0.2, 0) is 0 Å². The van der Waals surface area contributed by atoms with Crippen LogP contribution in [0.1, 0.15) is 40.4 Å². The fraction of sp³-hybridized carbons (Fsp3) is 0.409. The monoisotopic (exact) mass is 380 g/mol. The second kappa shape index (κ2) is 8.87. The van der Waals surface area contributed by atoms with Crippen LogP contribution in [0, 0.1) is 12.8 Å². The number of pyridine rings is 1. The number of hydrogen-bond donors (Lipinski definition) is 1. The van der Waals surface area contributed by atoms with Gasteiger partial charge in [-0.05, 0) is 42.7 Å². The minimum Gasteiger partial charge on any atom is -0.368 e. The van der Waals surface area contributed by atoms with E-state index in [0.717, 1.165) is 13.1 Å². The summed E-state index contributed by atoms with van der Waals surface area (Å²) >= 11 is 0. The van der Waals surface area contributed by atoms with Crippen LogP contribution in [0.4, 0.5) is 5.69 Å². The average molecular weight is 380 g/mol. The molecular weight excluding hydrogens is 352 g/mol. The highest BCUT2D eigenvalue weighted by atomic mass is 16.2. The van der Waals surface area contributed by atoms with Gasteiger partial charge in [-0.3, -0.25) is 9.59 Å². The van der Waals surface area contributed by atoms with E-state index in [2.05, 4.69) is 46.4 Å². The first kappa shape index (κ1) is 19.9. The molecule has 3 rings (SSSR count). The summed E-state index contributed by atoms with van der Waals surface area (Å²) in [6, 6.07) is 13.4. The Morgan fingerprint density at radius 3 is 2.39 bits per heavy atom. The zero-order chi connectivity index (χ0) is 20.1. The number of nitrogens with one attached hydrogen (secondary N) is 1. The SMILES string of the molecule is Cc1cccc(N2CCN(C(=O)c3cccc(C(=O)NCC(C)C)n3)CC2)c1. The molecule has 1 saturated heterocycles. The lowest BCUT2D eigenvalue weighted by Crippen LogP contribution is -2.49. The molecule has 1 aromatic carbocycles. The molecule has 2 heterocycles. The third kappa shape index (κ3) is 4.88. The Balaban J connectivity index is 1.62. The maximum absolute atomic E-state index is 12.9. The molecule has 1 aromatic heterocycles. The molecule has 6 heteroatoms. The smallest absolute Gasteiger partial charge is 0.272 e. The number of anilines is 1. The lowest BCUT2D eigenvalue weighted by Gasteiger charge is -2.36. The van der Waals surface area contributed by atoms with Gasteiger partial charge in [0.1, 0.15) is 11.4 Å². The minimum atomic E-state index is -0.243. The van der Waals surface area contributed by atoms with Crippen LogP contribution in [0.15, 0.2) is 42.5 Å². The van der Waals surface area contributed by atoms with E-state index in [4.69, 9.17) is 0 Å². The maximum atomic E-state index is 12.9. The van der Waals surface area contributed by atoms with Crippen LogP contribution in [0.25, 0.3) is 0 Å². The molecule has 2 aromatic rings. The molecule has 28 heavy (non-hydrogen) atoms. The van der Waals surface area contributed by atoms with Crippen molar-refractivity contribution in [2.24, 2.45) is 5.92 Å². The lowest BCUT2D eigenvalue weighted by atomic mass is 10.2. The molecule has 1 aliphatic heterocycles. The molecular formula is C22H28N4O2. The molecule has 148 valence electrons. The van der Waals surface area contributed by atoms with Gasteiger partial charge in [-0.25, -0.2) is 4.98 Å². The zero-order valence-corrected chi connectivity index (χ0v) is 16.8. The van der Waals surface area contributed by atoms with E-state index in [1.807, 2.05) is 18.7 Å². The molecule has 0 aliphatic carbocycles. The number of nitrogens with zero attached hydrogens (tertiary/aromatic N) is 3. The molecule has 2 amide bonds. The molecule has 1 fully saturated rings. The summed E-state index contributed by atoms with van der Waals surface area (Å²) < 4.78 is 0. The second-order valence-corrected chi connectivity index (χ2v) is 7.63. The summed E-state index contributed by atoms with van der Waals surface area (Å²) in [5.74, 6) is -0.00604. The quantitative estimate of drug-likeness (QED) is 0.866. The predicted molar refractivity (Wildman–Crippen MR) is 111 cm³/mol. The van der Waals surface area contributed by atoms with Gasteiger partial charge in [-0.2, -0.15) is 0 Å². The number of hydrogen-bond acceptors (Lipinski definition) is 4. The van der Waals surface area contributed by atoms with Gasteiger partial charge in [-0.1, -0.05) is 32.0 Å². The first-order valence-corrected chi connectivity index (χ1v) is 9.80. The highest BCUT2D eigenvalue weighted by molar-refractivity contribution is 5.96. The average Bonchev–Trinajstić information content (AvgIpc) is 2.71. The molecule has 0 spiro atoms. The summed E-state index contributed by atoms with van der Waals surface area (Å²) in [5.41, 5.74) is 3.02. The third-order valence-electron chi connectivity index (χ3n) is 4.81. The zero-order valence-electron chi connectivity index (χ0n) is 16.8. The van der Waals surface area contributed by atoms with Crippen molar-refractivity contribution in [2.75, 3.05) is 37.6 Å². The van der Waals surface area contributed by atoms with Crippen LogP contribution >= 0.6 is 0 Å². The van der Waals surface area contributed by atoms with Gasteiger partial charge in [0.15, 0.2) is 0 Å². The number of carbonyl (C=O) groups is 2. The van der Waals surface area contributed by atoms with E-state index in [0.29, 0.717) is 31.2 Å². The van der Waals surface area contributed by atoms with Crippen LogP contribution in [0.5, 0.6) is 0 Å². The van der Waals surface area contributed by atoms with Crippen molar-refractivity contribution in [3.63, 3.8) is 0 Å². The highest BCUT2D eigenvalue weighted by Gasteiger charge is 2.24. The van der Waals surface area contributed by atoms with Crippen molar-refractivity contribution in [3.05, 3.63) is 59.4 Å². The topological polar surface area (TPSA) is 65.5 Å². The Bertz CT molecular complexity index is 842. The number of piperazine rings is 1. The van der Waals surface area contributed by atoms with Crippen molar-refractivity contribution >= 4 is 17.5 Å². The number of aryl methyl sites for hydroxylation is 1. The van der Waals surface area contributed by atoms with Crippen molar-refractivity contribution in [3.8, 4) is 0 Å². The predicted octanol–water partition coefficient (Wildman–Crippen LogP) is 2.74. The number of benzene rings is 1. The third-order valence-corrected chi connectivity index (χ3v) is 4.81. The number of carbonyl (C=O) groups excluding carboxylic acids is 2. The summed E-state index contributed by atoms with van der Waals surface area (Å²) in [7, 11) is 0. The van der Waals surface area contributed by atoms with Gasteiger partial charge in [-0.15, -0.1) is 0 Å². The Morgan fingerprint density at radius 2 is 1.71 bits per heavy atom. The summed E-state index contributed by atoms with van der Waals surface area (Å²) in [6.45, 7) is 9.57. The largest absolute Gasteiger partial charge is 0.368 e. The van der Waals surface area contributed by atoms with Crippen LogP contribution in [-0.4, -0.2) is 54.4 Å². The molecule has 0 saturated carbocycles. The lowest BCUT2D eigenvalue weighted by molar-refractivity contribution is 0.0740. The Morgan fingerprint density at radius 1 is 1.04 bits per heavy atom.